The molecule has 2 saturated heterocycles. The van der Waals surface area contributed by atoms with Crippen LogP contribution in [0.4, 0.5) is 0 Å². The molecule has 0 aliphatic carbocycles. The van der Waals surface area contributed by atoms with Crippen LogP contribution < -0.4 is 0 Å². The van der Waals surface area contributed by atoms with Gasteiger partial charge in [-0.2, -0.15) is 0 Å². The molecule has 2 aliphatic heterocycles. The molecule has 1 aromatic heterocycles. The SMILES string of the molecule is O=C(Cc1cccs1)N1CCC(N2CCC[C@H]2COCc2ccccc2)CC1. The van der Waals surface area contributed by atoms with Gasteiger partial charge >= 0.3 is 0 Å². The average Bonchev–Trinajstić information content (AvgIpc) is 3.41. The van der Waals surface area contributed by atoms with E-state index in [0.717, 1.165) is 32.5 Å². The van der Waals surface area contributed by atoms with Gasteiger partial charge in [0.15, 0.2) is 0 Å². The molecular formula is C23H30N2O2S. The fourth-order valence-electron chi connectivity index (χ4n) is 4.53. The summed E-state index contributed by atoms with van der Waals surface area (Å²) in [7, 11) is 0. The predicted molar refractivity (Wildman–Crippen MR) is 113 cm³/mol. The molecule has 28 heavy (non-hydrogen) atoms. The van der Waals surface area contributed by atoms with Gasteiger partial charge in [0, 0.05) is 30.1 Å². The van der Waals surface area contributed by atoms with Crippen molar-refractivity contribution in [3.8, 4) is 0 Å². The number of hydrogen-bond donors (Lipinski definition) is 0. The number of carbonyl (C=O) groups excluding carboxylic acids is 1. The quantitative estimate of drug-likeness (QED) is 0.708. The standard InChI is InChI=1S/C23H30N2O2S/c26-23(16-22-9-5-15-28-22)24-13-10-20(11-14-24)25-12-4-8-21(25)18-27-17-19-6-2-1-3-7-19/h1-3,5-7,9,15,20-21H,4,8,10-14,16-18H2/t21-/m0/s1. The third kappa shape index (κ3) is 5.02. The lowest BCUT2D eigenvalue weighted by molar-refractivity contribution is -0.132. The fraction of sp³-hybridized carbons (Fsp3) is 0.522. The van der Waals surface area contributed by atoms with Crippen LogP contribution in [0.15, 0.2) is 47.8 Å². The molecule has 1 aromatic carbocycles. The Bertz CT molecular complexity index is 726. The van der Waals surface area contributed by atoms with E-state index >= 15 is 0 Å². The number of amides is 1. The Balaban J connectivity index is 1.22. The number of rotatable bonds is 7. The molecule has 0 radical (unpaired) electrons. The van der Waals surface area contributed by atoms with Gasteiger partial charge in [0.25, 0.3) is 0 Å². The van der Waals surface area contributed by atoms with Crippen molar-refractivity contribution in [2.24, 2.45) is 0 Å². The minimum Gasteiger partial charge on any atom is -0.375 e. The number of ether oxygens (including phenoxy) is 1. The van der Waals surface area contributed by atoms with E-state index in [9.17, 15) is 4.79 Å². The highest BCUT2D eigenvalue weighted by atomic mass is 32.1. The Labute approximate surface area is 172 Å². The molecule has 0 bridgehead atoms. The van der Waals surface area contributed by atoms with E-state index in [1.165, 1.54) is 29.8 Å². The van der Waals surface area contributed by atoms with E-state index < -0.39 is 0 Å². The first-order valence-electron chi connectivity index (χ1n) is 10.5. The van der Waals surface area contributed by atoms with Crippen LogP contribution in [0.25, 0.3) is 0 Å². The highest BCUT2D eigenvalue weighted by molar-refractivity contribution is 7.10. The van der Waals surface area contributed by atoms with Crippen LogP contribution in [0.1, 0.15) is 36.1 Å². The summed E-state index contributed by atoms with van der Waals surface area (Å²) in [5, 5.41) is 2.04. The summed E-state index contributed by atoms with van der Waals surface area (Å²) in [5.41, 5.74) is 1.24. The summed E-state index contributed by atoms with van der Waals surface area (Å²) in [4.78, 5) is 18.4. The number of nitrogens with zero attached hydrogens (tertiary/aromatic N) is 2. The van der Waals surface area contributed by atoms with Gasteiger partial charge < -0.3 is 9.64 Å². The lowest BCUT2D eigenvalue weighted by atomic mass is 10.0. The molecule has 2 fully saturated rings. The van der Waals surface area contributed by atoms with Crippen molar-refractivity contribution in [3.63, 3.8) is 0 Å². The number of benzene rings is 1. The smallest absolute Gasteiger partial charge is 0.227 e. The maximum Gasteiger partial charge on any atom is 0.227 e. The first-order valence-corrected chi connectivity index (χ1v) is 11.3. The van der Waals surface area contributed by atoms with Crippen LogP contribution in [0.3, 0.4) is 0 Å². The molecule has 150 valence electrons. The molecule has 0 unspecified atom stereocenters. The van der Waals surface area contributed by atoms with E-state index in [4.69, 9.17) is 4.74 Å². The van der Waals surface area contributed by atoms with Crippen LogP contribution in [-0.2, 0) is 22.6 Å². The van der Waals surface area contributed by atoms with Crippen molar-refractivity contribution in [2.75, 3.05) is 26.2 Å². The first kappa shape index (κ1) is 19.6. The Morgan fingerprint density at radius 2 is 1.86 bits per heavy atom. The highest BCUT2D eigenvalue weighted by Gasteiger charge is 2.33. The Hall–Kier alpha value is -1.69. The predicted octanol–water partition coefficient (Wildman–Crippen LogP) is 3.96. The minimum atomic E-state index is 0.282. The van der Waals surface area contributed by atoms with Gasteiger partial charge in [-0.25, -0.2) is 0 Å². The van der Waals surface area contributed by atoms with Gasteiger partial charge in [0.05, 0.1) is 19.6 Å². The van der Waals surface area contributed by atoms with E-state index in [1.54, 1.807) is 11.3 Å². The van der Waals surface area contributed by atoms with E-state index in [0.29, 0.717) is 25.1 Å². The zero-order valence-electron chi connectivity index (χ0n) is 16.5. The molecule has 4 rings (SSSR count). The largest absolute Gasteiger partial charge is 0.375 e. The van der Waals surface area contributed by atoms with Gasteiger partial charge in [-0.3, -0.25) is 9.69 Å². The van der Waals surface area contributed by atoms with Crippen molar-refractivity contribution in [3.05, 3.63) is 58.3 Å². The Morgan fingerprint density at radius 3 is 2.61 bits per heavy atom. The van der Waals surface area contributed by atoms with Crippen LogP contribution in [0.5, 0.6) is 0 Å². The molecule has 4 nitrogen and oxygen atoms in total. The number of hydrogen-bond acceptors (Lipinski definition) is 4. The van der Waals surface area contributed by atoms with Gasteiger partial charge in [-0.15, -0.1) is 11.3 Å². The minimum absolute atomic E-state index is 0.282. The zero-order chi connectivity index (χ0) is 19.2. The Morgan fingerprint density at radius 1 is 1.04 bits per heavy atom. The van der Waals surface area contributed by atoms with Crippen LogP contribution in [-0.4, -0.2) is 54.0 Å². The second-order valence-corrected chi connectivity index (χ2v) is 8.93. The maximum absolute atomic E-state index is 12.5. The molecular weight excluding hydrogens is 368 g/mol. The van der Waals surface area contributed by atoms with Crippen molar-refractivity contribution in [2.45, 2.75) is 50.8 Å². The maximum atomic E-state index is 12.5. The summed E-state index contributed by atoms with van der Waals surface area (Å²) in [6.45, 7) is 4.46. The molecule has 5 heteroatoms. The second-order valence-electron chi connectivity index (χ2n) is 7.90. The molecule has 2 aliphatic rings. The third-order valence-corrected chi connectivity index (χ3v) is 6.91. The lowest BCUT2D eigenvalue weighted by Crippen LogP contribution is -2.49. The highest BCUT2D eigenvalue weighted by Crippen LogP contribution is 2.27. The summed E-state index contributed by atoms with van der Waals surface area (Å²) >= 11 is 1.67. The van der Waals surface area contributed by atoms with E-state index in [2.05, 4.69) is 40.1 Å². The molecule has 1 amide bonds. The number of thiophene rings is 1. The summed E-state index contributed by atoms with van der Waals surface area (Å²) < 4.78 is 6.04. The van der Waals surface area contributed by atoms with Crippen LogP contribution >= 0.6 is 11.3 Å². The van der Waals surface area contributed by atoms with Crippen molar-refractivity contribution in [1.82, 2.24) is 9.80 Å². The van der Waals surface area contributed by atoms with Gasteiger partial charge in [0.1, 0.15) is 0 Å². The molecule has 0 N–H and O–H groups in total. The molecule has 0 saturated carbocycles. The summed E-state index contributed by atoms with van der Waals surface area (Å²) in [6.07, 6.45) is 5.22. The molecule has 3 heterocycles. The number of carbonyl (C=O) groups is 1. The van der Waals surface area contributed by atoms with Gasteiger partial charge in [-0.05, 0) is 49.2 Å². The monoisotopic (exact) mass is 398 g/mol. The van der Waals surface area contributed by atoms with E-state index in [-0.39, 0.29) is 5.91 Å². The molecule has 1 atom stereocenters. The zero-order valence-corrected chi connectivity index (χ0v) is 17.3. The first-order chi connectivity index (χ1) is 13.8. The third-order valence-electron chi connectivity index (χ3n) is 6.04. The molecule has 0 spiro atoms. The number of piperidine rings is 1. The van der Waals surface area contributed by atoms with Crippen molar-refractivity contribution in [1.29, 1.82) is 0 Å². The summed E-state index contributed by atoms with van der Waals surface area (Å²) in [6, 6.07) is 15.6. The van der Waals surface area contributed by atoms with Gasteiger partial charge in [-0.1, -0.05) is 36.4 Å². The lowest BCUT2D eigenvalue weighted by Gasteiger charge is -2.39. The van der Waals surface area contributed by atoms with E-state index in [1.807, 2.05) is 17.5 Å². The summed E-state index contributed by atoms with van der Waals surface area (Å²) in [5.74, 6) is 0.282. The van der Waals surface area contributed by atoms with Crippen LogP contribution in [0, 0.1) is 0 Å². The fourth-order valence-corrected chi connectivity index (χ4v) is 5.22. The van der Waals surface area contributed by atoms with Crippen molar-refractivity contribution < 1.29 is 9.53 Å². The Kier molecular flexibility index (Phi) is 6.78. The van der Waals surface area contributed by atoms with Crippen molar-refractivity contribution >= 4 is 17.2 Å². The number of likely N-dealkylation sites (tertiary alicyclic amines) is 2. The second kappa shape index (κ2) is 9.68. The normalized spacial score (nSPS) is 21.3. The van der Waals surface area contributed by atoms with Crippen LogP contribution in [0.2, 0.25) is 0 Å². The average molecular weight is 399 g/mol. The topological polar surface area (TPSA) is 32.8 Å². The molecule has 2 aromatic rings. The van der Waals surface area contributed by atoms with Gasteiger partial charge in [0.2, 0.25) is 5.91 Å².